The van der Waals surface area contributed by atoms with Crippen LogP contribution in [0.25, 0.3) is 0 Å². The van der Waals surface area contributed by atoms with E-state index in [1.165, 1.54) is 0 Å². The van der Waals surface area contributed by atoms with Gasteiger partial charge in [-0.2, -0.15) is 5.26 Å². The maximum atomic E-state index is 8.78. The second kappa shape index (κ2) is 6.10. The second-order valence-corrected chi connectivity index (χ2v) is 4.52. The number of nitriles is 1. The fraction of sp³-hybridized carbons (Fsp3) is 0.429. The van der Waals surface area contributed by atoms with Crippen molar-refractivity contribution in [3.05, 3.63) is 41.2 Å². The molecule has 0 radical (unpaired) electrons. The summed E-state index contributed by atoms with van der Waals surface area (Å²) in [4.78, 5) is 0. The fourth-order valence-corrected chi connectivity index (χ4v) is 2.13. The Balaban J connectivity index is 2.19. The summed E-state index contributed by atoms with van der Waals surface area (Å²) in [5.74, 6) is 1.34. The Morgan fingerprint density at radius 2 is 1.89 bits per heavy atom. The highest BCUT2D eigenvalue weighted by Gasteiger charge is 2.15. The molecule has 5 heteroatoms. The topological polar surface area (TPSA) is 67.4 Å². The third-order valence-corrected chi connectivity index (χ3v) is 3.33. The van der Waals surface area contributed by atoms with Gasteiger partial charge in [0, 0.05) is 5.92 Å². The summed E-state index contributed by atoms with van der Waals surface area (Å²) >= 11 is 0. The van der Waals surface area contributed by atoms with Crippen molar-refractivity contribution in [1.82, 2.24) is 20.2 Å². The molecule has 19 heavy (non-hydrogen) atoms. The van der Waals surface area contributed by atoms with Crippen LogP contribution in [0.15, 0.2) is 24.3 Å². The first-order valence-corrected chi connectivity index (χ1v) is 6.53. The Morgan fingerprint density at radius 1 is 1.21 bits per heavy atom. The van der Waals surface area contributed by atoms with Gasteiger partial charge in [0.15, 0.2) is 5.82 Å². The molecule has 0 saturated carbocycles. The van der Waals surface area contributed by atoms with Gasteiger partial charge in [-0.15, -0.1) is 5.10 Å². The predicted octanol–water partition coefficient (Wildman–Crippen LogP) is 2.50. The molecule has 0 fully saturated rings. The van der Waals surface area contributed by atoms with Gasteiger partial charge in [0.05, 0.1) is 18.2 Å². The summed E-state index contributed by atoms with van der Waals surface area (Å²) < 4.78 is 1.85. The number of nitrogens with zero attached hydrogens (tertiary/aromatic N) is 5. The van der Waals surface area contributed by atoms with Crippen molar-refractivity contribution in [3.8, 4) is 6.07 Å². The lowest BCUT2D eigenvalue weighted by atomic mass is 10.0. The molecule has 0 unspecified atom stereocenters. The molecular weight excluding hydrogens is 238 g/mol. The van der Waals surface area contributed by atoms with E-state index in [1.54, 1.807) is 0 Å². The van der Waals surface area contributed by atoms with E-state index in [9.17, 15) is 0 Å². The Kier molecular flexibility index (Phi) is 4.24. The Hall–Kier alpha value is -2.22. The van der Waals surface area contributed by atoms with Gasteiger partial charge in [-0.3, -0.25) is 0 Å². The molecule has 2 rings (SSSR count). The first kappa shape index (κ1) is 13.2. The molecule has 0 atom stereocenters. The SMILES string of the molecule is CCC(CC)c1nnnn1Cc1ccc(C#N)cc1. The van der Waals surface area contributed by atoms with Crippen molar-refractivity contribution in [3.63, 3.8) is 0 Å². The molecule has 0 spiro atoms. The minimum absolute atomic E-state index is 0.397. The number of hydrogen-bond acceptors (Lipinski definition) is 4. The molecule has 1 heterocycles. The van der Waals surface area contributed by atoms with Gasteiger partial charge >= 0.3 is 0 Å². The Morgan fingerprint density at radius 3 is 2.47 bits per heavy atom. The van der Waals surface area contributed by atoms with Crippen LogP contribution in [-0.4, -0.2) is 20.2 Å². The van der Waals surface area contributed by atoms with Crippen LogP contribution in [0, 0.1) is 11.3 Å². The Bertz CT molecular complexity index is 560. The molecule has 0 N–H and O–H groups in total. The monoisotopic (exact) mass is 255 g/mol. The van der Waals surface area contributed by atoms with Gasteiger partial charge in [-0.1, -0.05) is 26.0 Å². The lowest BCUT2D eigenvalue weighted by Gasteiger charge is -2.12. The first-order valence-electron chi connectivity index (χ1n) is 6.53. The zero-order valence-electron chi connectivity index (χ0n) is 11.2. The summed E-state index contributed by atoms with van der Waals surface area (Å²) in [6.07, 6.45) is 2.06. The molecule has 5 nitrogen and oxygen atoms in total. The van der Waals surface area contributed by atoms with Crippen LogP contribution in [0.4, 0.5) is 0 Å². The zero-order valence-corrected chi connectivity index (χ0v) is 11.2. The summed E-state index contributed by atoms with van der Waals surface area (Å²) in [5.41, 5.74) is 1.76. The van der Waals surface area contributed by atoms with Crippen LogP contribution in [0.1, 0.15) is 49.6 Å². The van der Waals surface area contributed by atoms with Gasteiger partial charge in [0.2, 0.25) is 0 Å². The Labute approximate surface area is 112 Å². The maximum Gasteiger partial charge on any atom is 0.154 e. The van der Waals surface area contributed by atoms with E-state index in [0.29, 0.717) is 18.0 Å². The summed E-state index contributed by atoms with van der Waals surface area (Å²) in [7, 11) is 0. The summed E-state index contributed by atoms with van der Waals surface area (Å²) in [6.45, 7) is 4.94. The molecule has 1 aromatic heterocycles. The number of benzene rings is 1. The predicted molar refractivity (Wildman–Crippen MR) is 71.4 cm³/mol. The van der Waals surface area contributed by atoms with E-state index in [0.717, 1.165) is 24.2 Å². The normalized spacial score (nSPS) is 10.6. The third-order valence-electron chi connectivity index (χ3n) is 3.33. The third kappa shape index (κ3) is 2.97. The van der Waals surface area contributed by atoms with E-state index >= 15 is 0 Å². The average molecular weight is 255 g/mol. The fourth-order valence-electron chi connectivity index (χ4n) is 2.13. The maximum absolute atomic E-state index is 8.78. The summed E-state index contributed by atoms with van der Waals surface area (Å²) in [6, 6.07) is 9.63. The molecule has 0 aliphatic carbocycles. The van der Waals surface area contributed by atoms with Gasteiger partial charge in [-0.05, 0) is 41.0 Å². The highest BCUT2D eigenvalue weighted by Crippen LogP contribution is 2.20. The molecule has 0 saturated heterocycles. The molecule has 0 amide bonds. The number of tetrazole rings is 1. The zero-order chi connectivity index (χ0) is 13.7. The van der Waals surface area contributed by atoms with Gasteiger partial charge in [0.1, 0.15) is 0 Å². The highest BCUT2D eigenvalue weighted by atomic mass is 15.5. The van der Waals surface area contributed by atoms with Crippen molar-refractivity contribution < 1.29 is 0 Å². The van der Waals surface area contributed by atoms with Crippen molar-refractivity contribution in [2.45, 2.75) is 39.2 Å². The van der Waals surface area contributed by atoms with Crippen molar-refractivity contribution in [1.29, 1.82) is 5.26 Å². The van der Waals surface area contributed by atoms with E-state index < -0.39 is 0 Å². The molecular formula is C14H17N5. The quantitative estimate of drug-likeness (QED) is 0.823. The van der Waals surface area contributed by atoms with Crippen molar-refractivity contribution in [2.24, 2.45) is 0 Å². The number of rotatable bonds is 5. The van der Waals surface area contributed by atoms with Crippen LogP contribution in [0.3, 0.4) is 0 Å². The van der Waals surface area contributed by atoms with Gasteiger partial charge < -0.3 is 0 Å². The average Bonchev–Trinajstić information content (AvgIpc) is 2.89. The minimum atomic E-state index is 0.397. The highest BCUT2D eigenvalue weighted by molar-refractivity contribution is 5.31. The minimum Gasteiger partial charge on any atom is -0.225 e. The standard InChI is InChI=1S/C14H17N5/c1-3-13(4-2)14-16-17-18-19(14)10-12-7-5-11(9-15)6-8-12/h5-8,13H,3-4,10H2,1-2H3. The molecule has 2 aromatic rings. The smallest absolute Gasteiger partial charge is 0.154 e. The number of hydrogen-bond donors (Lipinski definition) is 0. The first-order chi connectivity index (χ1) is 9.28. The molecule has 0 bridgehead atoms. The lowest BCUT2D eigenvalue weighted by molar-refractivity contribution is 0.536. The van der Waals surface area contributed by atoms with Crippen molar-refractivity contribution in [2.75, 3.05) is 0 Å². The van der Waals surface area contributed by atoms with Crippen LogP contribution in [-0.2, 0) is 6.54 Å². The van der Waals surface area contributed by atoms with E-state index in [1.807, 2.05) is 28.9 Å². The van der Waals surface area contributed by atoms with Crippen LogP contribution < -0.4 is 0 Å². The van der Waals surface area contributed by atoms with Crippen LogP contribution in [0.2, 0.25) is 0 Å². The van der Waals surface area contributed by atoms with E-state index in [-0.39, 0.29) is 0 Å². The van der Waals surface area contributed by atoms with E-state index in [4.69, 9.17) is 5.26 Å². The van der Waals surface area contributed by atoms with Crippen LogP contribution >= 0.6 is 0 Å². The van der Waals surface area contributed by atoms with E-state index in [2.05, 4.69) is 35.4 Å². The lowest BCUT2D eigenvalue weighted by Crippen LogP contribution is -2.10. The van der Waals surface area contributed by atoms with Crippen molar-refractivity contribution >= 4 is 0 Å². The molecule has 1 aromatic carbocycles. The largest absolute Gasteiger partial charge is 0.225 e. The van der Waals surface area contributed by atoms with Gasteiger partial charge in [-0.25, -0.2) is 4.68 Å². The summed E-state index contributed by atoms with van der Waals surface area (Å²) in [5, 5.41) is 20.8. The number of aromatic nitrogens is 4. The molecule has 98 valence electrons. The second-order valence-electron chi connectivity index (χ2n) is 4.52. The van der Waals surface area contributed by atoms with Crippen LogP contribution in [0.5, 0.6) is 0 Å². The molecule has 0 aliphatic rings. The molecule has 0 aliphatic heterocycles. The van der Waals surface area contributed by atoms with Gasteiger partial charge in [0.25, 0.3) is 0 Å².